The lowest BCUT2D eigenvalue weighted by Gasteiger charge is -2.16. The van der Waals surface area contributed by atoms with E-state index >= 15 is 0 Å². The first kappa shape index (κ1) is 13.4. The van der Waals surface area contributed by atoms with Crippen LogP contribution in [0.1, 0.15) is 13.3 Å². The van der Waals surface area contributed by atoms with Crippen molar-refractivity contribution in [1.29, 1.82) is 0 Å². The number of aryl methyl sites for hydroxylation is 1. The number of nitrogens with one attached hydrogen (secondary N) is 1. The molecule has 0 spiro atoms. The molecular weight excluding hydrogens is 244 g/mol. The van der Waals surface area contributed by atoms with Gasteiger partial charge in [-0.15, -0.1) is 0 Å². The molecule has 0 amide bonds. The van der Waals surface area contributed by atoms with Gasteiger partial charge in [0.1, 0.15) is 5.82 Å². The molecule has 0 aliphatic rings. The van der Waals surface area contributed by atoms with Crippen LogP contribution in [0.3, 0.4) is 0 Å². The molecule has 0 bridgehead atoms. The lowest BCUT2D eigenvalue weighted by Crippen LogP contribution is -2.25. The van der Waals surface area contributed by atoms with E-state index in [0.717, 1.165) is 10.9 Å². The van der Waals surface area contributed by atoms with Crippen LogP contribution in [0.15, 0.2) is 23.0 Å². The Morgan fingerprint density at radius 2 is 2.26 bits per heavy atom. The molecule has 102 valence electrons. The second-order valence-corrected chi connectivity index (χ2v) is 4.64. The molecule has 0 aliphatic heterocycles. The van der Waals surface area contributed by atoms with Gasteiger partial charge in [-0.3, -0.25) is 4.57 Å². The molecule has 2 aromatic rings. The van der Waals surface area contributed by atoms with Gasteiger partial charge in [0, 0.05) is 30.8 Å². The van der Waals surface area contributed by atoms with Gasteiger partial charge in [-0.1, -0.05) is 0 Å². The number of benzene rings is 1. The first-order chi connectivity index (χ1) is 9.02. The van der Waals surface area contributed by atoms with Crippen molar-refractivity contribution in [2.24, 2.45) is 7.05 Å². The number of anilines is 2. The largest absolute Gasteiger partial charge is 0.399 e. The van der Waals surface area contributed by atoms with E-state index < -0.39 is 0 Å². The third-order valence-corrected chi connectivity index (χ3v) is 3.08. The highest BCUT2D eigenvalue weighted by Gasteiger charge is 2.10. The van der Waals surface area contributed by atoms with Gasteiger partial charge in [0.2, 0.25) is 0 Å². The van der Waals surface area contributed by atoms with E-state index in [-0.39, 0.29) is 18.3 Å². The van der Waals surface area contributed by atoms with Crippen LogP contribution < -0.4 is 16.7 Å². The number of nitrogens with two attached hydrogens (primary N) is 1. The predicted molar refractivity (Wildman–Crippen MR) is 76.2 cm³/mol. The highest BCUT2D eigenvalue weighted by atomic mass is 16.3. The Kier molecular flexibility index (Phi) is 3.71. The number of aromatic nitrogens is 2. The summed E-state index contributed by atoms with van der Waals surface area (Å²) in [6, 6.07) is 5.36. The first-order valence-corrected chi connectivity index (χ1v) is 6.16. The topological polar surface area (TPSA) is 93.2 Å². The maximum Gasteiger partial charge on any atom is 0.349 e. The molecule has 1 atom stereocenters. The van der Waals surface area contributed by atoms with Crippen LogP contribution in [0, 0.1) is 0 Å². The summed E-state index contributed by atoms with van der Waals surface area (Å²) in [5.74, 6) is 0.506. The maximum absolute atomic E-state index is 11.8. The zero-order valence-electron chi connectivity index (χ0n) is 11.1. The van der Waals surface area contributed by atoms with Crippen molar-refractivity contribution in [1.82, 2.24) is 9.55 Å². The van der Waals surface area contributed by atoms with Gasteiger partial charge < -0.3 is 16.2 Å². The predicted octanol–water partition coefficient (Wildman–Crippen LogP) is 0.698. The quantitative estimate of drug-likeness (QED) is 0.705. The molecule has 0 saturated heterocycles. The molecule has 0 fully saturated rings. The summed E-state index contributed by atoms with van der Waals surface area (Å²) in [7, 11) is 1.68. The minimum Gasteiger partial charge on any atom is -0.399 e. The first-order valence-electron chi connectivity index (χ1n) is 6.16. The van der Waals surface area contributed by atoms with Crippen LogP contribution in [0.4, 0.5) is 11.5 Å². The van der Waals surface area contributed by atoms with Crippen molar-refractivity contribution in [3.63, 3.8) is 0 Å². The van der Waals surface area contributed by atoms with Gasteiger partial charge in [0.05, 0.1) is 5.52 Å². The van der Waals surface area contributed by atoms with Crippen molar-refractivity contribution >= 4 is 22.4 Å². The smallest absolute Gasteiger partial charge is 0.349 e. The van der Waals surface area contributed by atoms with Crippen LogP contribution in [-0.2, 0) is 7.05 Å². The molecule has 1 unspecified atom stereocenters. The Bertz CT molecular complexity index is 651. The average Bonchev–Trinajstić information content (AvgIpc) is 2.36. The van der Waals surface area contributed by atoms with Gasteiger partial charge >= 0.3 is 5.69 Å². The van der Waals surface area contributed by atoms with Crippen molar-refractivity contribution in [3.05, 3.63) is 28.7 Å². The van der Waals surface area contributed by atoms with E-state index in [1.165, 1.54) is 4.57 Å². The van der Waals surface area contributed by atoms with E-state index in [9.17, 15) is 4.79 Å². The third-order valence-electron chi connectivity index (χ3n) is 3.08. The zero-order valence-corrected chi connectivity index (χ0v) is 11.1. The van der Waals surface area contributed by atoms with Crippen molar-refractivity contribution in [2.75, 3.05) is 17.7 Å². The van der Waals surface area contributed by atoms with Gasteiger partial charge in [0.15, 0.2) is 0 Å². The van der Waals surface area contributed by atoms with Crippen LogP contribution in [0.5, 0.6) is 0 Å². The Balaban J connectivity index is 2.56. The van der Waals surface area contributed by atoms with Crippen molar-refractivity contribution in [3.8, 4) is 0 Å². The third kappa shape index (κ3) is 2.68. The van der Waals surface area contributed by atoms with Gasteiger partial charge in [-0.25, -0.2) is 4.79 Å². The Hall–Kier alpha value is -2.08. The second kappa shape index (κ2) is 5.27. The van der Waals surface area contributed by atoms with Gasteiger partial charge in [-0.05, 0) is 31.5 Å². The maximum atomic E-state index is 11.8. The fourth-order valence-electron chi connectivity index (χ4n) is 1.98. The van der Waals surface area contributed by atoms with Crippen molar-refractivity contribution in [2.45, 2.75) is 19.4 Å². The van der Waals surface area contributed by atoms with Crippen molar-refractivity contribution < 1.29 is 5.11 Å². The van der Waals surface area contributed by atoms with E-state index in [0.29, 0.717) is 17.9 Å². The normalized spacial score (nSPS) is 12.6. The standard InChI is InChI=1S/C13H18N4O2/c1-8(5-6-18)15-12-10-7-9(14)3-4-11(10)17(2)13(19)16-12/h3-4,7-8,18H,5-6,14H2,1-2H3,(H,15,16,19). The molecule has 6 nitrogen and oxygen atoms in total. The van der Waals surface area contributed by atoms with Crippen LogP contribution in [0.2, 0.25) is 0 Å². The van der Waals surface area contributed by atoms with Crippen LogP contribution >= 0.6 is 0 Å². The second-order valence-electron chi connectivity index (χ2n) is 4.64. The Morgan fingerprint density at radius 3 is 2.95 bits per heavy atom. The number of hydrogen-bond acceptors (Lipinski definition) is 5. The number of aliphatic hydroxyl groups is 1. The number of hydrogen-bond donors (Lipinski definition) is 3. The molecule has 0 saturated carbocycles. The Labute approximate surface area is 110 Å². The minimum absolute atomic E-state index is 0.0224. The van der Waals surface area contributed by atoms with Gasteiger partial charge in [0.25, 0.3) is 0 Å². The molecule has 0 radical (unpaired) electrons. The molecule has 0 aliphatic carbocycles. The van der Waals surface area contributed by atoms with Gasteiger partial charge in [-0.2, -0.15) is 4.98 Å². The summed E-state index contributed by atoms with van der Waals surface area (Å²) in [4.78, 5) is 15.8. The Morgan fingerprint density at radius 1 is 1.53 bits per heavy atom. The molecular formula is C13H18N4O2. The molecule has 2 rings (SSSR count). The minimum atomic E-state index is -0.323. The SMILES string of the molecule is CC(CCO)Nc1nc(=O)n(C)c2ccc(N)cc12. The number of nitrogens with zero attached hydrogens (tertiary/aromatic N) is 2. The summed E-state index contributed by atoms with van der Waals surface area (Å²) in [5, 5.41) is 12.9. The summed E-state index contributed by atoms with van der Waals surface area (Å²) >= 11 is 0. The molecule has 1 heterocycles. The lowest BCUT2D eigenvalue weighted by molar-refractivity contribution is 0.282. The lowest BCUT2D eigenvalue weighted by atomic mass is 10.2. The summed E-state index contributed by atoms with van der Waals surface area (Å²) in [6.45, 7) is 2.01. The number of rotatable bonds is 4. The zero-order chi connectivity index (χ0) is 14.0. The number of aliphatic hydroxyl groups excluding tert-OH is 1. The van der Waals surface area contributed by atoms with E-state index in [2.05, 4.69) is 10.3 Å². The van der Waals surface area contributed by atoms with E-state index in [1.54, 1.807) is 25.2 Å². The summed E-state index contributed by atoms with van der Waals surface area (Å²) in [5.41, 5.74) is 6.85. The highest BCUT2D eigenvalue weighted by Crippen LogP contribution is 2.22. The molecule has 6 heteroatoms. The molecule has 4 N–H and O–H groups in total. The fourth-order valence-corrected chi connectivity index (χ4v) is 1.98. The molecule has 1 aromatic heterocycles. The average molecular weight is 262 g/mol. The monoisotopic (exact) mass is 262 g/mol. The number of nitrogen functional groups attached to an aromatic ring is 1. The summed E-state index contributed by atoms with van der Waals surface area (Å²) < 4.78 is 1.48. The van der Waals surface area contributed by atoms with E-state index in [1.807, 2.05) is 6.92 Å². The highest BCUT2D eigenvalue weighted by molar-refractivity contribution is 5.91. The fraction of sp³-hybridized carbons (Fsp3) is 0.385. The van der Waals surface area contributed by atoms with E-state index in [4.69, 9.17) is 10.8 Å². The summed E-state index contributed by atoms with van der Waals surface area (Å²) in [6.07, 6.45) is 0.584. The molecule has 1 aromatic carbocycles. The molecule has 19 heavy (non-hydrogen) atoms. The van der Waals surface area contributed by atoms with Crippen LogP contribution in [-0.4, -0.2) is 27.3 Å². The number of fused-ring (bicyclic) bond motifs is 1. The van der Waals surface area contributed by atoms with Crippen LogP contribution in [0.25, 0.3) is 10.9 Å².